The number of methoxy groups -OCH3 is 1. The van der Waals surface area contributed by atoms with Crippen molar-refractivity contribution in [2.24, 2.45) is 0 Å². The largest absolute Gasteiger partial charge is 0.495 e. The molecule has 5 nitrogen and oxygen atoms in total. The van der Waals surface area contributed by atoms with Gasteiger partial charge in [0.1, 0.15) is 29.5 Å². The lowest BCUT2D eigenvalue weighted by atomic mass is 10.2. The van der Waals surface area contributed by atoms with E-state index in [1.807, 2.05) is 0 Å². The molecule has 0 bridgehead atoms. The van der Waals surface area contributed by atoms with Crippen molar-refractivity contribution in [2.75, 3.05) is 17.7 Å². The quantitative estimate of drug-likeness (QED) is 0.672. The summed E-state index contributed by atoms with van der Waals surface area (Å²) in [6, 6.07) is 13.6. The molecule has 0 aliphatic heterocycles. The number of anilines is 3. The Morgan fingerprint density at radius 1 is 1.08 bits per heavy atom. The van der Waals surface area contributed by atoms with Gasteiger partial charge in [-0.15, -0.1) is 0 Å². The molecule has 3 rings (SSSR count). The van der Waals surface area contributed by atoms with Gasteiger partial charge in [0.25, 0.3) is 0 Å². The van der Waals surface area contributed by atoms with E-state index in [9.17, 15) is 4.39 Å². The molecule has 0 aliphatic rings. The van der Waals surface area contributed by atoms with Crippen LogP contribution in [0.4, 0.5) is 21.7 Å². The fraction of sp³-hybridized carbons (Fsp3) is 0.111. The van der Waals surface area contributed by atoms with Gasteiger partial charge in [-0.3, -0.25) is 0 Å². The third-order valence-corrected chi connectivity index (χ3v) is 3.74. The molecule has 0 unspecified atom stereocenters. The summed E-state index contributed by atoms with van der Waals surface area (Å²) >= 11 is 6.03. The first-order chi connectivity index (χ1) is 12.2. The Morgan fingerprint density at radius 3 is 2.68 bits per heavy atom. The molecule has 0 radical (unpaired) electrons. The molecule has 0 saturated heterocycles. The summed E-state index contributed by atoms with van der Waals surface area (Å²) in [4.78, 5) is 8.32. The zero-order valence-electron chi connectivity index (χ0n) is 13.5. The van der Waals surface area contributed by atoms with Crippen LogP contribution in [0, 0.1) is 5.82 Å². The molecule has 7 heteroatoms. The van der Waals surface area contributed by atoms with Crippen LogP contribution in [0.25, 0.3) is 0 Å². The zero-order chi connectivity index (χ0) is 17.6. The number of halogens is 2. The van der Waals surface area contributed by atoms with Crippen molar-refractivity contribution in [3.8, 4) is 5.75 Å². The van der Waals surface area contributed by atoms with Crippen LogP contribution in [0.3, 0.4) is 0 Å². The van der Waals surface area contributed by atoms with E-state index >= 15 is 0 Å². The summed E-state index contributed by atoms with van der Waals surface area (Å²) in [6.45, 7) is 0.323. The van der Waals surface area contributed by atoms with E-state index in [2.05, 4.69) is 20.6 Å². The summed E-state index contributed by atoms with van der Waals surface area (Å²) in [5.74, 6) is 1.52. The Morgan fingerprint density at radius 2 is 1.88 bits per heavy atom. The van der Waals surface area contributed by atoms with Crippen molar-refractivity contribution >= 4 is 28.9 Å². The molecule has 0 spiro atoms. The van der Waals surface area contributed by atoms with Crippen molar-refractivity contribution < 1.29 is 9.13 Å². The fourth-order valence-corrected chi connectivity index (χ4v) is 2.44. The first kappa shape index (κ1) is 17.0. The lowest BCUT2D eigenvalue weighted by molar-refractivity contribution is 0.417. The summed E-state index contributed by atoms with van der Waals surface area (Å²) in [6.07, 6.45) is 1.42. The third-order valence-electron chi connectivity index (χ3n) is 3.51. The maximum Gasteiger partial charge on any atom is 0.142 e. The molecular weight excluding hydrogens is 343 g/mol. The van der Waals surface area contributed by atoms with Gasteiger partial charge in [-0.2, -0.15) is 0 Å². The predicted molar refractivity (Wildman–Crippen MR) is 97.0 cm³/mol. The number of aromatic nitrogens is 2. The molecule has 3 aromatic rings. The van der Waals surface area contributed by atoms with E-state index in [0.717, 1.165) is 0 Å². The second kappa shape index (κ2) is 7.81. The van der Waals surface area contributed by atoms with Crippen LogP contribution in [-0.2, 0) is 6.54 Å². The maximum atomic E-state index is 13.7. The minimum absolute atomic E-state index is 0.258. The Hall–Kier alpha value is -2.86. The fourth-order valence-electron chi connectivity index (χ4n) is 2.27. The average molecular weight is 359 g/mol. The van der Waals surface area contributed by atoms with E-state index in [0.29, 0.717) is 40.2 Å². The number of hydrogen-bond donors (Lipinski definition) is 2. The highest BCUT2D eigenvalue weighted by Crippen LogP contribution is 2.30. The Kier molecular flexibility index (Phi) is 5.30. The molecule has 128 valence electrons. The highest BCUT2D eigenvalue weighted by Gasteiger charge is 2.07. The second-order valence-electron chi connectivity index (χ2n) is 5.20. The molecule has 0 saturated carbocycles. The normalized spacial score (nSPS) is 10.4. The van der Waals surface area contributed by atoms with Gasteiger partial charge in [-0.05, 0) is 24.3 Å². The monoisotopic (exact) mass is 358 g/mol. The van der Waals surface area contributed by atoms with Gasteiger partial charge >= 0.3 is 0 Å². The highest BCUT2D eigenvalue weighted by molar-refractivity contribution is 6.31. The molecule has 0 aliphatic carbocycles. The molecule has 0 atom stereocenters. The number of ether oxygens (including phenoxy) is 1. The molecule has 2 N–H and O–H groups in total. The van der Waals surface area contributed by atoms with Crippen LogP contribution in [0.5, 0.6) is 5.75 Å². The maximum absolute atomic E-state index is 13.7. The third kappa shape index (κ3) is 4.36. The van der Waals surface area contributed by atoms with Crippen LogP contribution < -0.4 is 15.4 Å². The van der Waals surface area contributed by atoms with E-state index in [-0.39, 0.29) is 5.82 Å². The number of nitrogens with one attached hydrogen (secondary N) is 2. The first-order valence-electron chi connectivity index (χ1n) is 7.55. The Labute approximate surface area is 149 Å². The molecule has 25 heavy (non-hydrogen) atoms. The summed E-state index contributed by atoms with van der Waals surface area (Å²) < 4.78 is 19.0. The van der Waals surface area contributed by atoms with Gasteiger partial charge in [0.2, 0.25) is 0 Å². The number of rotatable bonds is 6. The van der Waals surface area contributed by atoms with Crippen LogP contribution in [0.15, 0.2) is 54.9 Å². The van der Waals surface area contributed by atoms with Gasteiger partial charge in [0.15, 0.2) is 0 Å². The lowest BCUT2D eigenvalue weighted by Crippen LogP contribution is -2.04. The highest BCUT2D eigenvalue weighted by atomic mass is 35.5. The Bertz CT molecular complexity index is 875. The van der Waals surface area contributed by atoms with Crippen molar-refractivity contribution in [1.82, 2.24) is 9.97 Å². The molecule has 0 amide bonds. The van der Waals surface area contributed by atoms with Gasteiger partial charge in [-0.1, -0.05) is 29.8 Å². The van der Waals surface area contributed by atoms with Crippen LogP contribution in [0.2, 0.25) is 5.02 Å². The number of hydrogen-bond acceptors (Lipinski definition) is 5. The number of nitrogens with zero attached hydrogens (tertiary/aromatic N) is 2. The topological polar surface area (TPSA) is 59.1 Å². The summed E-state index contributed by atoms with van der Waals surface area (Å²) in [5, 5.41) is 6.80. The van der Waals surface area contributed by atoms with E-state index in [4.69, 9.17) is 16.3 Å². The first-order valence-corrected chi connectivity index (χ1v) is 7.93. The van der Waals surface area contributed by atoms with E-state index in [1.54, 1.807) is 49.6 Å². The SMILES string of the molecule is COc1ccc(Cl)cc1Nc1cc(NCc2ccccc2F)ncn1. The van der Waals surface area contributed by atoms with Gasteiger partial charge < -0.3 is 15.4 Å². The molecule has 2 aromatic carbocycles. The van der Waals surface area contributed by atoms with Crippen molar-refractivity contribution in [1.29, 1.82) is 0 Å². The standard InChI is InChI=1S/C18H16ClFN4O/c1-25-16-7-6-13(19)8-15(16)24-18-9-17(22-11-23-18)21-10-12-4-2-3-5-14(12)20/h2-9,11H,10H2,1H3,(H2,21,22,23,24). The second-order valence-corrected chi connectivity index (χ2v) is 5.64. The minimum atomic E-state index is -0.258. The van der Waals surface area contributed by atoms with Gasteiger partial charge in [0.05, 0.1) is 12.8 Å². The van der Waals surface area contributed by atoms with E-state index in [1.165, 1.54) is 12.4 Å². The van der Waals surface area contributed by atoms with Gasteiger partial charge in [-0.25, -0.2) is 14.4 Å². The van der Waals surface area contributed by atoms with E-state index < -0.39 is 0 Å². The smallest absolute Gasteiger partial charge is 0.142 e. The molecular formula is C18H16ClFN4O. The molecule has 1 heterocycles. The van der Waals surface area contributed by atoms with Crippen molar-refractivity contribution in [3.05, 3.63) is 71.3 Å². The minimum Gasteiger partial charge on any atom is -0.495 e. The van der Waals surface area contributed by atoms with Crippen molar-refractivity contribution in [3.63, 3.8) is 0 Å². The summed E-state index contributed by atoms with van der Waals surface area (Å²) in [7, 11) is 1.58. The average Bonchev–Trinajstić information content (AvgIpc) is 2.62. The molecule has 0 fully saturated rings. The Balaban J connectivity index is 1.74. The number of benzene rings is 2. The predicted octanol–water partition coefficient (Wildman–Crippen LogP) is 4.63. The van der Waals surface area contributed by atoms with Gasteiger partial charge in [0, 0.05) is 23.2 Å². The lowest BCUT2D eigenvalue weighted by Gasteiger charge is -2.12. The summed E-state index contributed by atoms with van der Waals surface area (Å²) in [5.41, 5.74) is 1.25. The molecule has 1 aromatic heterocycles. The van der Waals surface area contributed by atoms with Crippen LogP contribution in [-0.4, -0.2) is 17.1 Å². The zero-order valence-corrected chi connectivity index (χ0v) is 14.2. The van der Waals surface area contributed by atoms with Crippen LogP contribution in [0.1, 0.15) is 5.56 Å². The van der Waals surface area contributed by atoms with Crippen LogP contribution >= 0.6 is 11.6 Å². The van der Waals surface area contributed by atoms with Crippen molar-refractivity contribution in [2.45, 2.75) is 6.54 Å².